The molecule has 1 N–H and O–H groups in total. The van der Waals surface area contributed by atoms with Crippen LogP contribution in [-0.2, 0) is 0 Å². The summed E-state index contributed by atoms with van der Waals surface area (Å²) in [6, 6.07) is 9.94. The molecule has 2 rings (SSSR count). The summed E-state index contributed by atoms with van der Waals surface area (Å²) in [7, 11) is 0. The molecule has 4 nitrogen and oxygen atoms in total. The normalized spacial score (nSPS) is 12.2. The maximum Gasteiger partial charge on any atom is 0.257 e. The second kappa shape index (κ2) is 5.69. The number of hydrogen-bond donors (Lipinski definition) is 1. The highest BCUT2D eigenvalue weighted by molar-refractivity contribution is 5.96. The van der Waals surface area contributed by atoms with E-state index in [-0.39, 0.29) is 11.9 Å². The van der Waals surface area contributed by atoms with Gasteiger partial charge in [-0.3, -0.25) is 4.79 Å². The van der Waals surface area contributed by atoms with Gasteiger partial charge < -0.3 is 9.84 Å². The first-order valence-corrected chi connectivity index (χ1v) is 6.42. The van der Waals surface area contributed by atoms with E-state index in [0.29, 0.717) is 17.0 Å². The lowest BCUT2D eigenvalue weighted by Gasteiger charge is -2.17. The lowest BCUT2D eigenvalue weighted by molar-refractivity contribution is 0.0933. The van der Waals surface area contributed by atoms with Crippen LogP contribution in [0, 0.1) is 13.8 Å². The molecular weight excluding hydrogens is 240 g/mol. The van der Waals surface area contributed by atoms with Crippen molar-refractivity contribution < 1.29 is 9.32 Å². The van der Waals surface area contributed by atoms with E-state index in [1.54, 1.807) is 13.8 Å². The molecule has 1 aromatic heterocycles. The SMILES string of the molecule is CC[C@@H](NC(=O)c1c(C)noc1C)c1ccccc1. The van der Waals surface area contributed by atoms with Crippen molar-refractivity contribution in [2.75, 3.05) is 0 Å². The van der Waals surface area contributed by atoms with E-state index in [2.05, 4.69) is 10.5 Å². The van der Waals surface area contributed by atoms with E-state index in [0.717, 1.165) is 12.0 Å². The van der Waals surface area contributed by atoms with Crippen molar-refractivity contribution in [1.29, 1.82) is 0 Å². The van der Waals surface area contributed by atoms with Crippen LogP contribution in [0.25, 0.3) is 0 Å². The zero-order chi connectivity index (χ0) is 13.8. The summed E-state index contributed by atoms with van der Waals surface area (Å²) in [4.78, 5) is 12.3. The smallest absolute Gasteiger partial charge is 0.257 e. The van der Waals surface area contributed by atoms with Crippen molar-refractivity contribution in [2.24, 2.45) is 0 Å². The topological polar surface area (TPSA) is 55.1 Å². The number of nitrogens with one attached hydrogen (secondary N) is 1. The van der Waals surface area contributed by atoms with E-state index in [1.165, 1.54) is 0 Å². The third-order valence-electron chi connectivity index (χ3n) is 3.18. The number of benzene rings is 1. The first kappa shape index (κ1) is 13.3. The fraction of sp³-hybridized carbons (Fsp3) is 0.333. The van der Waals surface area contributed by atoms with Crippen molar-refractivity contribution in [2.45, 2.75) is 33.2 Å². The summed E-state index contributed by atoms with van der Waals surface area (Å²) in [5.74, 6) is 0.421. The van der Waals surface area contributed by atoms with Crippen LogP contribution in [0.4, 0.5) is 0 Å². The number of hydrogen-bond acceptors (Lipinski definition) is 3. The van der Waals surface area contributed by atoms with E-state index in [1.807, 2.05) is 37.3 Å². The number of aromatic nitrogens is 1. The molecule has 0 unspecified atom stereocenters. The van der Waals surface area contributed by atoms with Gasteiger partial charge in [0.05, 0.1) is 11.7 Å². The van der Waals surface area contributed by atoms with Crippen LogP contribution in [0.5, 0.6) is 0 Å². The molecule has 2 aromatic rings. The molecule has 0 bridgehead atoms. The minimum Gasteiger partial charge on any atom is -0.361 e. The van der Waals surface area contributed by atoms with Crippen LogP contribution in [-0.4, -0.2) is 11.1 Å². The van der Waals surface area contributed by atoms with Gasteiger partial charge in [-0.05, 0) is 25.8 Å². The molecule has 1 aromatic carbocycles. The Morgan fingerprint density at radius 1 is 1.32 bits per heavy atom. The van der Waals surface area contributed by atoms with Gasteiger partial charge in [0.15, 0.2) is 0 Å². The minimum atomic E-state index is -0.132. The molecule has 0 aliphatic heterocycles. The quantitative estimate of drug-likeness (QED) is 0.916. The van der Waals surface area contributed by atoms with Crippen LogP contribution < -0.4 is 5.32 Å². The molecule has 0 fully saturated rings. The Balaban J connectivity index is 2.18. The molecule has 0 aliphatic rings. The monoisotopic (exact) mass is 258 g/mol. The molecule has 0 aliphatic carbocycles. The zero-order valence-electron chi connectivity index (χ0n) is 11.4. The Morgan fingerprint density at radius 2 is 2.00 bits per heavy atom. The van der Waals surface area contributed by atoms with Crippen molar-refractivity contribution in [3.63, 3.8) is 0 Å². The van der Waals surface area contributed by atoms with Gasteiger partial charge in [-0.2, -0.15) is 0 Å². The maximum atomic E-state index is 12.3. The van der Waals surface area contributed by atoms with Gasteiger partial charge in [-0.25, -0.2) is 0 Å². The highest BCUT2D eigenvalue weighted by atomic mass is 16.5. The van der Waals surface area contributed by atoms with E-state index in [4.69, 9.17) is 4.52 Å². The second-order valence-corrected chi connectivity index (χ2v) is 4.54. The molecule has 4 heteroatoms. The fourth-order valence-electron chi connectivity index (χ4n) is 2.14. The number of carbonyl (C=O) groups is 1. The third kappa shape index (κ3) is 2.84. The fourth-order valence-corrected chi connectivity index (χ4v) is 2.14. The summed E-state index contributed by atoms with van der Waals surface area (Å²) >= 11 is 0. The van der Waals surface area contributed by atoms with E-state index in [9.17, 15) is 4.79 Å². The summed E-state index contributed by atoms with van der Waals surface area (Å²) in [6.07, 6.45) is 0.832. The van der Waals surface area contributed by atoms with Gasteiger partial charge in [0.25, 0.3) is 5.91 Å². The highest BCUT2D eigenvalue weighted by Gasteiger charge is 2.20. The molecule has 1 heterocycles. The Kier molecular flexibility index (Phi) is 4.00. The molecule has 100 valence electrons. The van der Waals surface area contributed by atoms with Gasteiger partial charge in [-0.15, -0.1) is 0 Å². The summed E-state index contributed by atoms with van der Waals surface area (Å²) in [5.41, 5.74) is 2.26. The standard InChI is InChI=1S/C15H18N2O2/c1-4-13(12-8-6-5-7-9-12)16-15(18)14-10(2)17-19-11(14)3/h5-9,13H,4H2,1-3H3,(H,16,18)/t13-/m1/s1. The molecule has 0 saturated heterocycles. The number of amides is 1. The Labute approximate surface area is 112 Å². The van der Waals surface area contributed by atoms with Crippen molar-refractivity contribution >= 4 is 5.91 Å². The van der Waals surface area contributed by atoms with E-state index < -0.39 is 0 Å². The number of nitrogens with zero attached hydrogens (tertiary/aromatic N) is 1. The molecule has 1 atom stereocenters. The second-order valence-electron chi connectivity index (χ2n) is 4.54. The van der Waals surface area contributed by atoms with Gasteiger partial charge in [-0.1, -0.05) is 42.4 Å². The van der Waals surface area contributed by atoms with Crippen LogP contribution in [0.3, 0.4) is 0 Å². The van der Waals surface area contributed by atoms with Crippen LogP contribution in [0.1, 0.15) is 46.8 Å². The number of rotatable bonds is 4. The molecular formula is C15H18N2O2. The lowest BCUT2D eigenvalue weighted by atomic mass is 10.0. The van der Waals surface area contributed by atoms with Crippen molar-refractivity contribution in [3.05, 3.63) is 52.9 Å². The first-order chi connectivity index (χ1) is 9.13. The van der Waals surface area contributed by atoms with Crippen molar-refractivity contribution in [1.82, 2.24) is 10.5 Å². The van der Waals surface area contributed by atoms with Gasteiger partial charge in [0, 0.05) is 0 Å². The molecule has 19 heavy (non-hydrogen) atoms. The molecule has 1 amide bonds. The largest absolute Gasteiger partial charge is 0.361 e. The molecule has 0 radical (unpaired) electrons. The molecule has 0 spiro atoms. The van der Waals surface area contributed by atoms with Crippen molar-refractivity contribution in [3.8, 4) is 0 Å². The van der Waals surface area contributed by atoms with E-state index >= 15 is 0 Å². The van der Waals surface area contributed by atoms with Crippen LogP contribution in [0.15, 0.2) is 34.9 Å². The Bertz CT molecular complexity index is 541. The minimum absolute atomic E-state index is 0.00222. The Morgan fingerprint density at radius 3 is 2.53 bits per heavy atom. The van der Waals surface area contributed by atoms with Crippen LogP contribution >= 0.6 is 0 Å². The zero-order valence-corrected chi connectivity index (χ0v) is 11.4. The Hall–Kier alpha value is -2.10. The lowest BCUT2D eigenvalue weighted by Crippen LogP contribution is -2.28. The maximum absolute atomic E-state index is 12.3. The third-order valence-corrected chi connectivity index (χ3v) is 3.18. The average Bonchev–Trinajstić information content (AvgIpc) is 2.76. The predicted molar refractivity (Wildman–Crippen MR) is 72.9 cm³/mol. The average molecular weight is 258 g/mol. The highest BCUT2D eigenvalue weighted by Crippen LogP contribution is 2.18. The summed E-state index contributed by atoms with van der Waals surface area (Å²) < 4.78 is 5.03. The number of carbonyl (C=O) groups excluding carboxylic acids is 1. The number of aryl methyl sites for hydroxylation is 2. The van der Waals surface area contributed by atoms with Gasteiger partial charge >= 0.3 is 0 Å². The first-order valence-electron chi connectivity index (χ1n) is 6.42. The summed E-state index contributed by atoms with van der Waals surface area (Å²) in [5, 5.41) is 6.84. The summed E-state index contributed by atoms with van der Waals surface area (Å²) in [6.45, 7) is 5.57. The predicted octanol–water partition coefficient (Wildman–Crippen LogP) is 3.17. The van der Waals surface area contributed by atoms with Crippen LogP contribution in [0.2, 0.25) is 0 Å². The van der Waals surface area contributed by atoms with Gasteiger partial charge in [0.2, 0.25) is 0 Å². The van der Waals surface area contributed by atoms with Gasteiger partial charge in [0.1, 0.15) is 11.3 Å². The molecule has 0 saturated carbocycles.